The highest BCUT2D eigenvalue weighted by Gasteiger charge is 2.05. The quantitative estimate of drug-likeness (QED) is 0.798. The van der Waals surface area contributed by atoms with E-state index in [0.717, 1.165) is 17.7 Å². The lowest BCUT2D eigenvalue weighted by Crippen LogP contribution is -2.06. The summed E-state index contributed by atoms with van der Waals surface area (Å²) in [6.45, 7) is 5.94. The van der Waals surface area contributed by atoms with Crippen LogP contribution in [0.4, 0.5) is 0 Å². The predicted molar refractivity (Wildman–Crippen MR) is 57.5 cm³/mol. The van der Waals surface area contributed by atoms with Gasteiger partial charge in [0.25, 0.3) is 0 Å². The van der Waals surface area contributed by atoms with Crippen molar-refractivity contribution in [2.75, 3.05) is 0 Å². The van der Waals surface area contributed by atoms with Crippen molar-refractivity contribution in [3.8, 4) is 5.75 Å². The van der Waals surface area contributed by atoms with Crippen LogP contribution in [0.1, 0.15) is 38.9 Å². The molecular weight excluding hydrogens is 176 g/mol. The normalized spacial score (nSPS) is 12.9. The van der Waals surface area contributed by atoms with Crippen molar-refractivity contribution in [1.29, 1.82) is 0 Å². The van der Waals surface area contributed by atoms with Crippen molar-refractivity contribution in [2.45, 2.75) is 39.4 Å². The van der Waals surface area contributed by atoms with Gasteiger partial charge in [0.2, 0.25) is 0 Å². The maximum Gasteiger partial charge on any atom is 0.120 e. The van der Waals surface area contributed by atoms with E-state index in [-0.39, 0.29) is 12.2 Å². The standard InChI is InChI=1S/C12H18O2/c1-4-12(13)10-6-5-7-11(8-10)14-9(2)3/h5-9,12-13H,4H2,1-3H3. The molecule has 78 valence electrons. The Morgan fingerprint density at radius 3 is 2.64 bits per heavy atom. The van der Waals surface area contributed by atoms with Gasteiger partial charge in [-0.3, -0.25) is 0 Å². The number of benzene rings is 1. The molecule has 14 heavy (non-hydrogen) atoms. The number of ether oxygens (including phenoxy) is 1. The lowest BCUT2D eigenvalue weighted by atomic mass is 10.1. The molecule has 0 fully saturated rings. The molecule has 1 aromatic carbocycles. The van der Waals surface area contributed by atoms with E-state index in [9.17, 15) is 5.11 Å². The Morgan fingerprint density at radius 2 is 2.07 bits per heavy atom. The second-order valence-corrected chi connectivity index (χ2v) is 3.66. The smallest absolute Gasteiger partial charge is 0.120 e. The van der Waals surface area contributed by atoms with Crippen LogP contribution in [0.5, 0.6) is 5.75 Å². The third-order valence-electron chi connectivity index (χ3n) is 2.00. The van der Waals surface area contributed by atoms with E-state index >= 15 is 0 Å². The van der Waals surface area contributed by atoms with Crippen molar-refractivity contribution >= 4 is 0 Å². The molecule has 0 amide bonds. The average molecular weight is 194 g/mol. The second kappa shape index (κ2) is 5.01. The third-order valence-corrected chi connectivity index (χ3v) is 2.00. The third kappa shape index (κ3) is 3.04. The summed E-state index contributed by atoms with van der Waals surface area (Å²) in [5, 5.41) is 9.63. The van der Waals surface area contributed by atoms with E-state index in [0.29, 0.717) is 0 Å². The van der Waals surface area contributed by atoms with Crippen molar-refractivity contribution in [3.63, 3.8) is 0 Å². The van der Waals surface area contributed by atoms with Crippen molar-refractivity contribution in [1.82, 2.24) is 0 Å². The highest BCUT2D eigenvalue weighted by Crippen LogP contribution is 2.21. The first-order chi connectivity index (χ1) is 6.63. The molecule has 2 nitrogen and oxygen atoms in total. The van der Waals surface area contributed by atoms with Gasteiger partial charge in [-0.05, 0) is 38.0 Å². The van der Waals surface area contributed by atoms with Crippen molar-refractivity contribution in [3.05, 3.63) is 29.8 Å². The summed E-state index contributed by atoms with van der Waals surface area (Å²) in [5.74, 6) is 0.824. The van der Waals surface area contributed by atoms with Crippen LogP contribution in [0.25, 0.3) is 0 Å². The van der Waals surface area contributed by atoms with Gasteiger partial charge in [-0.25, -0.2) is 0 Å². The lowest BCUT2D eigenvalue weighted by molar-refractivity contribution is 0.172. The minimum atomic E-state index is -0.384. The molecule has 1 unspecified atom stereocenters. The fraction of sp³-hybridized carbons (Fsp3) is 0.500. The zero-order valence-electron chi connectivity index (χ0n) is 9.03. The number of aliphatic hydroxyl groups is 1. The summed E-state index contributed by atoms with van der Waals surface area (Å²) in [6, 6.07) is 7.63. The van der Waals surface area contributed by atoms with Gasteiger partial charge in [0, 0.05) is 0 Å². The molecule has 0 saturated carbocycles. The van der Waals surface area contributed by atoms with E-state index in [1.165, 1.54) is 0 Å². The van der Waals surface area contributed by atoms with Crippen LogP contribution in [-0.2, 0) is 0 Å². The first-order valence-corrected chi connectivity index (χ1v) is 5.08. The molecule has 1 N–H and O–H groups in total. The molecule has 0 bridgehead atoms. The van der Waals surface area contributed by atoms with Crippen molar-refractivity contribution in [2.24, 2.45) is 0 Å². The first kappa shape index (κ1) is 11.1. The average Bonchev–Trinajstić information content (AvgIpc) is 2.16. The summed E-state index contributed by atoms with van der Waals surface area (Å²) in [5.41, 5.74) is 0.922. The van der Waals surface area contributed by atoms with Crippen LogP contribution < -0.4 is 4.74 Å². The molecule has 1 aromatic rings. The SMILES string of the molecule is CCC(O)c1cccc(OC(C)C)c1. The summed E-state index contributed by atoms with van der Waals surface area (Å²) in [6.07, 6.45) is 0.514. The summed E-state index contributed by atoms with van der Waals surface area (Å²) < 4.78 is 5.54. The molecule has 0 saturated heterocycles. The second-order valence-electron chi connectivity index (χ2n) is 3.66. The zero-order chi connectivity index (χ0) is 10.6. The van der Waals surface area contributed by atoms with Gasteiger partial charge in [0.1, 0.15) is 5.75 Å². The van der Waals surface area contributed by atoms with E-state index in [4.69, 9.17) is 4.74 Å². The van der Waals surface area contributed by atoms with Gasteiger partial charge in [0.15, 0.2) is 0 Å². The molecule has 0 aliphatic rings. The van der Waals surface area contributed by atoms with Gasteiger partial charge in [0.05, 0.1) is 12.2 Å². The molecule has 0 spiro atoms. The first-order valence-electron chi connectivity index (χ1n) is 5.08. The minimum absolute atomic E-state index is 0.170. The Hall–Kier alpha value is -1.02. The number of aliphatic hydroxyl groups excluding tert-OH is 1. The maximum atomic E-state index is 9.63. The lowest BCUT2D eigenvalue weighted by Gasteiger charge is -2.13. The Morgan fingerprint density at radius 1 is 1.36 bits per heavy atom. The van der Waals surface area contributed by atoms with Gasteiger partial charge >= 0.3 is 0 Å². The van der Waals surface area contributed by atoms with E-state index < -0.39 is 0 Å². The van der Waals surface area contributed by atoms with Crippen LogP contribution >= 0.6 is 0 Å². The topological polar surface area (TPSA) is 29.5 Å². The Balaban J connectivity index is 2.78. The van der Waals surface area contributed by atoms with Crippen LogP contribution in [0.15, 0.2) is 24.3 Å². The van der Waals surface area contributed by atoms with Crippen molar-refractivity contribution < 1.29 is 9.84 Å². The molecule has 1 rings (SSSR count). The zero-order valence-corrected chi connectivity index (χ0v) is 9.03. The molecule has 0 aromatic heterocycles. The fourth-order valence-corrected chi connectivity index (χ4v) is 1.30. The number of hydrogen-bond donors (Lipinski definition) is 1. The molecule has 1 atom stereocenters. The Labute approximate surface area is 85.5 Å². The summed E-state index contributed by atoms with van der Waals surface area (Å²) >= 11 is 0. The Bertz CT molecular complexity index is 281. The van der Waals surface area contributed by atoms with Gasteiger partial charge in [-0.1, -0.05) is 19.1 Å². The molecular formula is C12H18O2. The summed E-state index contributed by atoms with van der Waals surface area (Å²) in [4.78, 5) is 0. The highest BCUT2D eigenvalue weighted by molar-refractivity contribution is 5.29. The van der Waals surface area contributed by atoms with Crippen LogP contribution in [0, 0.1) is 0 Å². The molecule has 0 heterocycles. The number of rotatable bonds is 4. The molecule has 0 aliphatic heterocycles. The largest absolute Gasteiger partial charge is 0.491 e. The van der Waals surface area contributed by atoms with Crippen LogP contribution in [0.2, 0.25) is 0 Å². The van der Waals surface area contributed by atoms with Gasteiger partial charge in [-0.2, -0.15) is 0 Å². The van der Waals surface area contributed by atoms with E-state index in [1.807, 2.05) is 45.0 Å². The Kier molecular flexibility index (Phi) is 3.96. The molecule has 2 heteroatoms. The number of hydrogen-bond acceptors (Lipinski definition) is 2. The highest BCUT2D eigenvalue weighted by atomic mass is 16.5. The monoisotopic (exact) mass is 194 g/mol. The minimum Gasteiger partial charge on any atom is -0.491 e. The van der Waals surface area contributed by atoms with Gasteiger partial charge in [-0.15, -0.1) is 0 Å². The van der Waals surface area contributed by atoms with E-state index in [1.54, 1.807) is 0 Å². The summed E-state index contributed by atoms with van der Waals surface area (Å²) in [7, 11) is 0. The molecule has 0 aliphatic carbocycles. The fourth-order valence-electron chi connectivity index (χ4n) is 1.30. The maximum absolute atomic E-state index is 9.63. The van der Waals surface area contributed by atoms with Crippen LogP contribution in [0.3, 0.4) is 0 Å². The molecule has 0 radical (unpaired) electrons. The predicted octanol–water partition coefficient (Wildman–Crippen LogP) is 2.92. The van der Waals surface area contributed by atoms with E-state index in [2.05, 4.69) is 0 Å². The van der Waals surface area contributed by atoms with Crippen LogP contribution in [-0.4, -0.2) is 11.2 Å². The van der Waals surface area contributed by atoms with Gasteiger partial charge < -0.3 is 9.84 Å².